The quantitative estimate of drug-likeness (QED) is 0.623. The van der Waals surface area contributed by atoms with E-state index in [1.54, 1.807) is 48.5 Å². The number of nitrogens with one attached hydrogen (secondary N) is 2. The Morgan fingerprint density at radius 1 is 0.769 bits per heavy atom. The zero-order valence-corrected chi connectivity index (χ0v) is 14.3. The molecule has 26 heavy (non-hydrogen) atoms. The molecule has 0 aromatic heterocycles. The Hall–Kier alpha value is -3.60. The van der Waals surface area contributed by atoms with E-state index in [0.717, 1.165) is 11.3 Å². The lowest BCUT2D eigenvalue weighted by molar-refractivity contribution is 0.102. The summed E-state index contributed by atoms with van der Waals surface area (Å²) in [6, 6.07) is 21.1. The number of nitrogen functional groups attached to an aromatic ring is 1. The lowest BCUT2D eigenvalue weighted by atomic mass is 10.1. The summed E-state index contributed by atoms with van der Waals surface area (Å²) >= 11 is 0. The minimum Gasteiger partial charge on any atom is -0.399 e. The van der Waals surface area contributed by atoms with E-state index in [9.17, 15) is 9.59 Å². The highest BCUT2D eigenvalue weighted by atomic mass is 16.2. The van der Waals surface area contributed by atoms with Crippen LogP contribution >= 0.6 is 0 Å². The van der Waals surface area contributed by atoms with Crippen molar-refractivity contribution < 1.29 is 9.59 Å². The number of hydrogen-bond acceptors (Lipinski definition) is 3. The van der Waals surface area contributed by atoms with Crippen molar-refractivity contribution in [3.05, 3.63) is 89.5 Å². The molecule has 2 amide bonds. The van der Waals surface area contributed by atoms with Crippen LogP contribution in [0.2, 0.25) is 0 Å². The Morgan fingerprint density at radius 2 is 1.42 bits per heavy atom. The van der Waals surface area contributed by atoms with Crippen molar-refractivity contribution >= 4 is 28.9 Å². The smallest absolute Gasteiger partial charge is 0.257 e. The first kappa shape index (κ1) is 17.2. The SMILES string of the molecule is Cc1ccccc1NC(=O)c1ccccc1NC(=O)c1cccc(N)c1. The highest BCUT2D eigenvalue weighted by molar-refractivity contribution is 6.12. The molecule has 0 radical (unpaired) electrons. The van der Waals surface area contributed by atoms with Gasteiger partial charge in [-0.2, -0.15) is 0 Å². The Kier molecular flexibility index (Phi) is 4.99. The third-order valence-electron chi connectivity index (χ3n) is 3.96. The van der Waals surface area contributed by atoms with E-state index in [-0.39, 0.29) is 11.8 Å². The maximum atomic E-state index is 12.7. The van der Waals surface area contributed by atoms with Gasteiger partial charge in [0.15, 0.2) is 0 Å². The second kappa shape index (κ2) is 7.53. The molecule has 0 saturated carbocycles. The van der Waals surface area contributed by atoms with E-state index in [1.807, 2.05) is 31.2 Å². The number of aryl methyl sites for hydroxylation is 1. The molecule has 3 rings (SSSR count). The minimum atomic E-state index is -0.326. The molecule has 0 fully saturated rings. The Balaban J connectivity index is 1.83. The molecular weight excluding hydrogens is 326 g/mol. The van der Waals surface area contributed by atoms with Gasteiger partial charge in [0.05, 0.1) is 11.3 Å². The molecular formula is C21H19N3O2. The maximum Gasteiger partial charge on any atom is 0.257 e. The Morgan fingerprint density at radius 3 is 2.15 bits per heavy atom. The highest BCUT2D eigenvalue weighted by Crippen LogP contribution is 2.20. The van der Waals surface area contributed by atoms with Crippen LogP contribution in [0.1, 0.15) is 26.3 Å². The van der Waals surface area contributed by atoms with E-state index < -0.39 is 0 Å². The van der Waals surface area contributed by atoms with Gasteiger partial charge in [0.2, 0.25) is 0 Å². The van der Waals surface area contributed by atoms with Crippen molar-refractivity contribution in [1.82, 2.24) is 0 Å². The Bertz CT molecular complexity index is 967. The summed E-state index contributed by atoms with van der Waals surface area (Å²) in [6.07, 6.45) is 0. The highest BCUT2D eigenvalue weighted by Gasteiger charge is 2.15. The third-order valence-corrected chi connectivity index (χ3v) is 3.96. The number of anilines is 3. The van der Waals surface area contributed by atoms with Crippen LogP contribution < -0.4 is 16.4 Å². The Labute approximate surface area is 151 Å². The number of carbonyl (C=O) groups excluding carboxylic acids is 2. The molecule has 0 bridgehead atoms. The van der Waals surface area contributed by atoms with Crippen molar-refractivity contribution in [2.75, 3.05) is 16.4 Å². The van der Waals surface area contributed by atoms with Crippen LogP contribution in [-0.4, -0.2) is 11.8 Å². The van der Waals surface area contributed by atoms with Gasteiger partial charge >= 0.3 is 0 Å². The minimum absolute atomic E-state index is 0.289. The number of carbonyl (C=O) groups is 2. The van der Waals surface area contributed by atoms with Crippen LogP contribution in [0.25, 0.3) is 0 Å². The van der Waals surface area contributed by atoms with Gasteiger partial charge in [0, 0.05) is 16.9 Å². The summed E-state index contributed by atoms with van der Waals surface area (Å²) in [5.74, 6) is -0.615. The number of benzene rings is 3. The molecule has 4 N–H and O–H groups in total. The number of para-hydroxylation sites is 2. The summed E-state index contributed by atoms with van der Waals surface area (Å²) in [5.41, 5.74) is 9.17. The van der Waals surface area contributed by atoms with Gasteiger partial charge in [0.1, 0.15) is 0 Å². The fraction of sp³-hybridized carbons (Fsp3) is 0.0476. The molecule has 0 atom stereocenters. The zero-order valence-electron chi connectivity index (χ0n) is 14.3. The average molecular weight is 345 g/mol. The van der Waals surface area contributed by atoms with Gasteiger partial charge in [-0.05, 0) is 48.9 Å². The second-order valence-corrected chi connectivity index (χ2v) is 5.89. The molecule has 5 heteroatoms. The van der Waals surface area contributed by atoms with E-state index in [0.29, 0.717) is 22.5 Å². The van der Waals surface area contributed by atoms with Gasteiger partial charge in [0.25, 0.3) is 11.8 Å². The molecule has 0 spiro atoms. The van der Waals surface area contributed by atoms with Crippen LogP contribution in [-0.2, 0) is 0 Å². The summed E-state index contributed by atoms with van der Waals surface area (Å²) < 4.78 is 0. The molecule has 0 aliphatic rings. The fourth-order valence-electron chi connectivity index (χ4n) is 2.57. The van der Waals surface area contributed by atoms with Crippen LogP contribution in [0.15, 0.2) is 72.8 Å². The number of nitrogens with two attached hydrogens (primary N) is 1. The van der Waals surface area contributed by atoms with Crippen molar-refractivity contribution in [3.63, 3.8) is 0 Å². The molecule has 0 aliphatic heterocycles. The maximum absolute atomic E-state index is 12.7. The van der Waals surface area contributed by atoms with Crippen molar-refractivity contribution in [1.29, 1.82) is 0 Å². The van der Waals surface area contributed by atoms with Crippen molar-refractivity contribution in [2.24, 2.45) is 0 Å². The first-order chi connectivity index (χ1) is 12.5. The summed E-state index contributed by atoms with van der Waals surface area (Å²) in [7, 11) is 0. The van der Waals surface area contributed by atoms with Crippen LogP contribution in [0.5, 0.6) is 0 Å². The first-order valence-corrected chi connectivity index (χ1v) is 8.17. The predicted molar refractivity (Wildman–Crippen MR) is 104 cm³/mol. The van der Waals surface area contributed by atoms with Crippen molar-refractivity contribution in [2.45, 2.75) is 6.92 Å². The molecule has 3 aromatic rings. The van der Waals surface area contributed by atoms with E-state index in [2.05, 4.69) is 10.6 Å². The molecule has 0 saturated heterocycles. The predicted octanol–water partition coefficient (Wildman–Crippen LogP) is 4.08. The standard InChI is InChI=1S/C21H19N3O2/c1-14-7-2-4-11-18(14)23-21(26)17-10-3-5-12-19(17)24-20(25)15-8-6-9-16(22)13-15/h2-13H,22H2,1H3,(H,23,26)(H,24,25). The molecule has 5 nitrogen and oxygen atoms in total. The summed E-state index contributed by atoms with van der Waals surface area (Å²) in [5, 5.41) is 5.66. The molecule has 0 heterocycles. The van der Waals surface area contributed by atoms with Gasteiger partial charge in [-0.1, -0.05) is 36.4 Å². The normalized spacial score (nSPS) is 10.2. The molecule has 3 aromatic carbocycles. The lowest BCUT2D eigenvalue weighted by Gasteiger charge is -2.13. The average Bonchev–Trinajstić information content (AvgIpc) is 2.64. The largest absolute Gasteiger partial charge is 0.399 e. The van der Waals surface area contributed by atoms with Crippen LogP contribution in [0.3, 0.4) is 0 Å². The molecule has 0 unspecified atom stereocenters. The van der Waals surface area contributed by atoms with Gasteiger partial charge < -0.3 is 16.4 Å². The van der Waals surface area contributed by atoms with Gasteiger partial charge in [-0.3, -0.25) is 9.59 Å². The van der Waals surface area contributed by atoms with Crippen molar-refractivity contribution in [3.8, 4) is 0 Å². The van der Waals surface area contributed by atoms with Gasteiger partial charge in [-0.15, -0.1) is 0 Å². The molecule has 0 aliphatic carbocycles. The third kappa shape index (κ3) is 3.89. The molecule has 130 valence electrons. The van der Waals surface area contributed by atoms with Gasteiger partial charge in [-0.25, -0.2) is 0 Å². The van der Waals surface area contributed by atoms with E-state index in [4.69, 9.17) is 5.73 Å². The summed E-state index contributed by atoms with van der Waals surface area (Å²) in [6.45, 7) is 1.92. The lowest BCUT2D eigenvalue weighted by Crippen LogP contribution is -2.18. The van der Waals surface area contributed by atoms with Crippen LogP contribution in [0, 0.1) is 6.92 Å². The number of amides is 2. The summed E-state index contributed by atoms with van der Waals surface area (Å²) in [4.78, 5) is 25.1. The first-order valence-electron chi connectivity index (χ1n) is 8.17. The van der Waals surface area contributed by atoms with E-state index >= 15 is 0 Å². The topological polar surface area (TPSA) is 84.2 Å². The zero-order chi connectivity index (χ0) is 18.5. The van der Waals surface area contributed by atoms with Crippen LogP contribution in [0.4, 0.5) is 17.1 Å². The fourth-order valence-corrected chi connectivity index (χ4v) is 2.57. The van der Waals surface area contributed by atoms with E-state index in [1.165, 1.54) is 0 Å². The second-order valence-electron chi connectivity index (χ2n) is 5.89. The monoisotopic (exact) mass is 345 g/mol. The number of rotatable bonds is 4. The number of hydrogen-bond donors (Lipinski definition) is 3.